The molecule has 1 heterocycles. The third kappa shape index (κ3) is 3.55. The number of primary sulfonamides is 1. The highest BCUT2D eigenvalue weighted by atomic mass is 32.2. The van der Waals surface area contributed by atoms with E-state index >= 15 is 0 Å². The smallest absolute Gasteiger partial charge is 0.238 e. The molecule has 5 N–H and O–H groups in total. The summed E-state index contributed by atoms with van der Waals surface area (Å²) in [6.07, 6.45) is 2.15. The van der Waals surface area contributed by atoms with Crippen molar-refractivity contribution < 1.29 is 8.42 Å². The van der Waals surface area contributed by atoms with E-state index in [1.54, 1.807) is 13.0 Å². The lowest BCUT2D eigenvalue weighted by atomic mass is 10.1. The molecule has 1 saturated heterocycles. The Morgan fingerprint density at radius 3 is 2.53 bits per heavy atom. The molecule has 1 aliphatic heterocycles. The van der Waals surface area contributed by atoms with Crippen molar-refractivity contribution in [1.82, 2.24) is 0 Å². The van der Waals surface area contributed by atoms with Crippen LogP contribution in [0.15, 0.2) is 17.0 Å². The zero-order chi connectivity index (χ0) is 14.0. The molecule has 0 aliphatic carbocycles. The van der Waals surface area contributed by atoms with Crippen molar-refractivity contribution in [1.29, 1.82) is 0 Å². The summed E-state index contributed by atoms with van der Waals surface area (Å²) >= 11 is 1.94. The van der Waals surface area contributed by atoms with Crippen molar-refractivity contribution >= 4 is 33.2 Å². The van der Waals surface area contributed by atoms with Gasteiger partial charge in [-0.2, -0.15) is 11.8 Å². The van der Waals surface area contributed by atoms with Gasteiger partial charge in [-0.15, -0.1) is 0 Å². The minimum absolute atomic E-state index is 0.0974. The van der Waals surface area contributed by atoms with Gasteiger partial charge in [0.2, 0.25) is 10.0 Å². The van der Waals surface area contributed by atoms with E-state index in [1.807, 2.05) is 11.8 Å². The number of rotatable bonds is 3. The lowest BCUT2D eigenvalue weighted by Gasteiger charge is -2.25. The van der Waals surface area contributed by atoms with Crippen LogP contribution in [0, 0.1) is 6.92 Å². The lowest BCUT2D eigenvalue weighted by Crippen LogP contribution is -2.25. The zero-order valence-electron chi connectivity index (χ0n) is 10.8. The molecule has 1 aliphatic rings. The number of nitrogens with one attached hydrogen (secondary N) is 1. The van der Waals surface area contributed by atoms with E-state index < -0.39 is 10.0 Å². The Hall–Kier alpha value is -0.920. The van der Waals surface area contributed by atoms with Crippen LogP contribution in [0.1, 0.15) is 18.4 Å². The van der Waals surface area contributed by atoms with Gasteiger partial charge < -0.3 is 11.1 Å². The van der Waals surface area contributed by atoms with E-state index in [1.165, 1.54) is 6.07 Å². The average Bonchev–Trinajstić information content (AvgIpc) is 2.33. The Balaban J connectivity index is 2.32. The molecule has 0 spiro atoms. The Bertz CT molecular complexity index is 567. The number of benzene rings is 1. The van der Waals surface area contributed by atoms with Gasteiger partial charge >= 0.3 is 0 Å². The van der Waals surface area contributed by atoms with Gasteiger partial charge in [0.15, 0.2) is 0 Å². The first kappa shape index (κ1) is 14.5. The number of hydrogen-bond acceptors (Lipinski definition) is 5. The maximum atomic E-state index is 11.5. The summed E-state index contributed by atoms with van der Waals surface area (Å²) in [4.78, 5) is 0.0974. The molecule has 0 unspecified atom stereocenters. The minimum Gasteiger partial charge on any atom is -0.399 e. The summed E-state index contributed by atoms with van der Waals surface area (Å²) in [5, 5.41) is 8.60. The van der Waals surface area contributed by atoms with Crippen LogP contribution in [0.3, 0.4) is 0 Å². The van der Waals surface area contributed by atoms with Gasteiger partial charge in [-0.05, 0) is 49.0 Å². The number of nitrogen functional groups attached to an aromatic ring is 1. The van der Waals surface area contributed by atoms with Gasteiger partial charge in [0.1, 0.15) is 0 Å². The van der Waals surface area contributed by atoms with Gasteiger partial charge in [0, 0.05) is 17.4 Å². The molecule has 0 aromatic heterocycles. The highest BCUT2D eigenvalue weighted by Gasteiger charge is 2.19. The van der Waals surface area contributed by atoms with Gasteiger partial charge in [0.05, 0.1) is 4.90 Å². The number of thioether (sulfide) groups is 1. The fourth-order valence-corrected chi connectivity index (χ4v) is 4.16. The van der Waals surface area contributed by atoms with Crippen molar-refractivity contribution in [2.45, 2.75) is 30.7 Å². The quantitative estimate of drug-likeness (QED) is 0.735. The normalized spacial score (nSPS) is 17.4. The summed E-state index contributed by atoms with van der Waals surface area (Å²) in [7, 11) is -3.74. The van der Waals surface area contributed by atoms with E-state index in [0.717, 1.165) is 30.0 Å². The van der Waals surface area contributed by atoms with Crippen LogP contribution in [-0.4, -0.2) is 26.0 Å². The predicted octanol–water partition coefficient (Wildman–Crippen LogP) is 1.53. The van der Waals surface area contributed by atoms with Gasteiger partial charge in [0.25, 0.3) is 0 Å². The second-order valence-electron chi connectivity index (χ2n) is 4.77. The number of anilines is 2. The number of nitrogens with two attached hydrogens (primary N) is 2. The Morgan fingerprint density at radius 1 is 1.32 bits per heavy atom. The fourth-order valence-electron chi connectivity index (χ4n) is 2.22. The number of hydrogen-bond donors (Lipinski definition) is 3. The monoisotopic (exact) mass is 301 g/mol. The lowest BCUT2D eigenvalue weighted by molar-refractivity contribution is 0.597. The Kier molecular flexibility index (Phi) is 4.27. The summed E-state index contributed by atoms with van der Waals surface area (Å²) in [5.41, 5.74) is 7.57. The third-order valence-corrected chi connectivity index (χ3v) is 5.36. The molecule has 1 aromatic carbocycles. The molecule has 5 nitrogen and oxygen atoms in total. The molecule has 19 heavy (non-hydrogen) atoms. The molecule has 0 saturated carbocycles. The SMILES string of the molecule is Cc1c(NC2CCSCC2)cc(N)cc1S(N)(=O)=O. The van der Waals surface area contributed by atoms with Crippen LogP contribution in [0.5, 0.6) is 0 Å². The highest BCUT2D eigenvalue weighted by molar-refractivity contribution is 7.99. The maximum Gasteiger partial charge on any atom is 0.238 e. The number of sulfonamides is 1. The molecular formula is C12H19N3O2S2. The molecule has 106 valence electrons. The Morgan fingerprint density at radius 2 is 1.95 bits per heavy atom. The summed E-state index contributed by atoms with van der Waals surface area (Å²) in [6, 6.07) is 3.55. The summed E-state index contributed by atoms with van der Waals surface area (Å²) in [6.45, 7) is 1.75. The molecule has 7 heteroatoms. The topological polar surface area (TPSA) is 98.2 Å². The van der Waals surface area contributed by atoms with E-state index in [0.29, 0.717) is 17.3 Å². The first-order valence-corrected chi connectivity index (χ1v) is 8.85. The van der Waals surface area contributed by atoms with Crippen molar-refractivity contribution in [2.75, 3.05) is 22.6 Å². The second kappa shape index (κ2) is 5.60. The molecule has 1 fully saturated rings. The average molecular weight is 301 g/mol. The minimum atomic E-state index is -3.74. The molecule has 0 amide bonds. The summed E-state index contributed by atoms with van der Waals surface area (Å²) < 4.78 is 23.1. The Labute approximate surface area is 118 Å². The molecule has 0 radical (unpaired) electrons. The molecule has 0 bridgehead atoms. The van der Waals surface area contributed by atoms with Crippen molar-refractivity contribution in [3.05, 3.63) is 17.7 Å². The van der Waals surface area contributed by atoms with Crippen LogP contribution in [-0.2, 0) is 10.0 Å². The first-order valence-electron chi connectivity index (χ1n) is 6.15. The van der Waals surface area contributed by atoms with Crippen LogP contribution in [0.4, 0.5) is 11.4 Å². The van der Waals surface area contributed by atoms with Crippen LogP contribution in [0.2, 0.25) is 0 Å². The third-order valence-electron chi connectivity index (χ3n) is 3.27. The van der Waals surface area contributed by atoms with E-state index in [-0.39, 0.29) is 4.90 Å². The molecular weight excluding hydrogens is 282 g/mol. The molecule has 1 aromatic rings. The standard InChI is InChI=1S/C12H19N3O2S2/c1-8-11(15-10-2-4-18-5-3-10)6-9(13)7-12(8)19(14,16)17/h6-7,10,15H,2-5,13H2,1H3,(H2,14,16,17). The van der Waals surface area contributed by atoms with Crippen LogP contribution in [0.25, 0.3) is 0 Å². The zero-order valence-corrected chi connectivity index (χ0v) is 12.5. The van der Waals surface area contributed by atoms with Crippen molar-refractivity contribution in [3.63, 3.8) is 0 Å². The van der Waals surface area contributed by atoms with E-state index in [4.69, 9.17) is 10.9 Å². The molecule has 0 atom stereocenters. The van der Waals surface area contributed by atoms with Gasteiger partial charge in [-0.1, -0.05) is 0 Å². The maximum absolute atomic E-state index is 11.5. The van der Waals surface area contributed by atoms with Crippen LogP contribution < -0.4 is 16.2 Å². The van der Waals surface area contributed by atoms with Crippen LogP contribution >= 0.6 is 11.8 Å². The predicted molar refractivity (Wildman–Crippen MR) is 80.9 cm³/mol. The van der Waals surface area contributed by atoms with Gasteiger partial charge in [-0.25, -0.2) is 13.6 Å². The largest absolute Gasteiger partial charge is 0.399 e. The van der Waals surface area contributed by atoms with Crippen molar-refractivity contribution in [2.24, 2.45) is 5.14 Å². The fraction of sp³-hybridized carbons (Fsp3) is 0.500. The molecule has 2 rings (SSSR count). The van der Waals surface area contributed by atoms with Crippen molar-refractivity contribution in [3.8, 4) is 0 Å². The second-order valence-corrected chi connectivity index (χ2v) is 7.52. The van der Waals surface area contributed by atoms with E-state index in [2.05, 4.69) is 5.32 Å². The highest BCUT2D eigenvalue weighted by Crippen LogP contribution is 2.28. The van der Waals surface area contributed by atoms with Gasteiger partial charge in [-0.3, -0.25) is 0 Å². The first-order chi connectivity index (χ1) is 8.88. The van der Waals surface area contributed by atoms with E-state index in [9.17, 15) is 8.42 Å². The summed E-state index contributed by atoms with van der Waals surface area (Å²) in [5.74, 6) is 2.25.